The van der Waals surface area contributed by atoms with E-state index in [0.29, 0.717) is 5.02 Å². The highest BCUT2D eigenvalue weighted by molar-refractivity contribution is 9.10. The molecule has 0 bridgehead atoms. The Hall–Kier alpha value is -0.840. The molecule has 96 valence electrons. The van der Waals surface area contributed by atoms with Gasteiger partial charge < -0.3 is 9.73 Å². The van der Waals surface area contributed by atoms with Crippen LogP contribution in [0.4, 0.5) is 0 Å². The van der Waals surface area contributed by atoms with Crippen LogP contribution in [0.25, 0.3) is 11.3 Å². The number of aromatic nitrogens is 1. The van der Waals surface area contributed by atoms with Crippen LogP contribution in [0.3, 0.4) is 0 Å². The van der Waals surface area contributed by atoms with E-state index in [-0.39, 0.29) is 0 Å². The predicted octanol–water partition coefficient (Wildman–Crippen LogP) is 3.91. The molecular weight excluding hydrogens is 316 g/mol. The van der Waals surface area contributed by atoms with Gasteiger partial charge in [-0.2, -0.15) is 0 Å². The molecule has 0 saturated carbocycles. The van der Waals surface area contributed by atoms with Gasteiger partial charge in [-0.05, 0) is 38.2 Å². The predicted molar refractivity (Wildman–Crippen MR) is 76.9 cm³/mol. The molecule has 1 heterocycles. The molecule has 0 fully saturated rings. The van der Waals surface area contributed by atoms with Crippen LogP contribution in [0.15, 0.2) is 33.3 Å². The van der Waals surface area contributed by atoms with Crippen LogP contribution in [0.1, 0.15) is 12.3 Å². The van der Waals surface area contributed by atoms with Crippen LogP contribution in [-0.2, 0) is 6.42 Å². The zero-order chi connectivity index (χ0) is 13.0. The SMILES string of the molecule is CNCCCc1ncc(-c2cc(Cl)ccc2Br)o1. The number of rotatable bonds is 5. The van der Waals surface area contributed by atoms with E-state index >= 15 is 0 Å². The van der Waals surface area contributed by atoms with Crippen molar-refractivity contribution in [2.75, 3.05) is 13.6 Å². The Morgan fingerprint density at radius 1 is 1.44 bits per heavy atom. The van der Waals surface area contributed by atoms with Crippen molar-refractivity contribution in [3.8, 4) is 11.3 Å². The molecule has 0 radical (unpaired) electrons. The summed E-state index contributed by atoms with van der Waals surface area (Å²) in [5, 5.41) is 3.78. The molecule has 0 atom stereocenters. The van der Waals surface area contributed by atoms with Gasteiger partial charge in [0.1, 0.15) is 0 Å². The van der Waals surface area contributed by atoms with Crippen LogP contribution >= 0.6 is 27.5 Å². The minimum atomic E-state index is 0.682. The van der Waals surface area contributed by atoms with Gasteiger partial charge in [-0.3, -0.25) is 0 Å². The van der Waals surface area contributed by atoms with E-state index < -0.39 is 0 Å². The normalized spacial score (nSPS) is 10.8. The molecule has 0 spiro atoms. The Morgan fingerprint density at radius 2 is 2.28 bits per heavy atom. The largest absolute Gasteiger partial charge is 0.441 e. The second-order valence-corrected chi connectivity index (χ2v) is 5.24. The Morgan fingerprint density at radius 3 is 3.06 bits per heavy atom. The standard InChI is InChI=1S/C13H14BrClN2O/c1-16-6-2-3-13-17-8-12(18-13)10-7-9(15)4-5-11(10)14/h4-5,7-8,16H,2-3,6H2,1H3. The number of aryl methyl sites for hydroxylation is 1. The third-order valence-corrected chi connectivity index (χ3v) is 3.49. The molecule has 0 unspecified atom stereocenters. The lowest BCUT2D eigenvalue weighted by Crippen LogP contribution is -2.08. The monoisotopic (exact) mass is 328 g/mol. The molecule has 18 heavy (non-hydrogen) atoms. The molecular formula is C13H14BrClN2O. The zero-order valence-corrected chi connectivity index (χ0v) is 12.4. The number of halogens is 2. The maximum atomic E-state index is 5.98. The van der Waals surface area contributed by atoms with E-state index in [4.69, 9.17) is 16.0 Å². The molecule has 0 aliphatic heterocycles. The molecule has 0 amide bonds. The van der Waals surface area contributed by atoms with E-state index in [1.165, 1.54) is 0 Å². The first-order valence-corrected chi connectivity index (χ1v) is 6.92. The summed E-state index contributed by atoms with van der Waals surface area (Å²) in [4.78, 5) is 4.28. The van der Waals surface area contributed by atoms with E-state index in [9.17, 15) is 0 Å². The summed E-state index contributed by atoms with van der Waals surface area (Å²) < 4.78 is 6.67. The van der Waals surface area contributed by atoms with Gasteiger partial charge in [-0.25, -0.2) is 4.98 Å². The number of oxazole rings is 1. The van der Waals surface area contributed by atoms with Crippen molar-refractivity contribution in [3.05, 3.63) is 39.8 Å². The van der Waals surface area contributed by atoms with Crippen molar-refractivity contribution in [2.45, 2.75) is 12.8 Å². The van der Waals surface area contributed by atoms with Crippen molar-refractivity contribution in [2.24, 2.45) is 0 Å². The molecule has 2 aromatic rings. The van der Waals surface area contributed by atoms with Gasteiger partial charge in [-0.15, -0.1) is 0 Å². The Bertz CT molecular complexity index is 527. The number of nitrogens with one attached hydrogen (secondary N) is 1. The van der Waals surface area contributed by atoms with Gasteiger partial charge >= 0.3 is 0 Å². The Balaban J connectivity index is 2.16. The summed E-state index contributed by atoms with van der Waals surface area (Å²) in [6, 6.07) is 5.60. The topological polar surface area (TPSA) is 38.1 Å². The van der Waals surface area contributed by atoms with E-state index in [0.717, 1.165) is 41.1 Å². The average molecular weight is 330 g/mol. The van der Waals surface area contributed by atoms with Gasteiger partial charge in [0, 0.05) is 21.5 Å². The van der Waals surface area contributed by atoms with Gasteiger partial charge in [-0.1, -0.05) is 27.5 Å². The van der Waals surface area contributed by atoms with Crippen molar-refractivity contribution in [1.29, 1.82) is 0 Å². The lowest BCUT2D eigenvalue weighted by molar-refractivity contribution is 0.495. The van der Waals surface area contributed by atoms with Crippen molar-refractivity contribution >= 4 is 27.5 Å². The molecule has 0 saturated heterocycles. The molecule has 5 heteroatoms. The first-order chi connectivity index (χ1) is 8.70. The average Bonchev–Trinajstić information content (AvgIpc) is 2.81. The maximum absolute atomic E-state index is 5.98. The fourth-order valence-electron chi connectivity index (χ4n) is 1.65. The van der Waals surface area contributed by atoms with Crippen LogP contribution in [0.2, 0.25) is 5.02 Å². The van der Waals surface area contributed by atoms with Gasteiger partial charge in [0.2, 0.25) is 0 Å². The lowest BCUT2D eigenvalue weighted by atomic mass is 10.2. The molecule has 0 aliphatic rings. The highest BCUT2D eigenvalue weighted by Crippen LogP contribution is 2.31. The van der Waals surface area contributed by atoms with Crippen LogP contribution in [-0.4, -0.2) is 18.6 Å². The van der Waals surface area contributed by atoms with Gasteiger partial charge in [0.05, 0.1) is 6.20 Å². The lowest BCUT2D eigenvalue weighted by Gasteiger charge is -2.01. The maximum Gasteiger partial charge on any atom is 0.194 e. The smallest absolute Gasteiger partial charge is 0.194 e. The van der Waals surface area contributed by atoms with E-state index in [2.05, 4.69) is 26.2 Å². The second kappa shape index (κ2) is 6.36. The Labute approximate surface area is 120 Å². The molecule has 1 N–H and O–H groups in total. The molecule has 1 aromatic carbocycles. The van der Waals surface area contributed by atoms with E-state index in [1.54, 1.807) is 6.20 Å². The Kier molecular flexibility index (Phi) is 4.80. The summed E-state index contributed by atoms with van der Waals surface area (Å²) in [5.74, 6) is 1.50. The first kappa shape index (κ1) is 13.6. The minimum Gasteiger partial charge on any atom is -0.441 e. The summed E-state index contributed by atoms with van der Waals surface area (Å²) >= 11 is 9.47. The summed E-state index contributed by atoms with van der Waals surface area (Å²) in [5.41, 5.74) is 0.926. The number of hydrogen-bond acceptors (Lipinski definition) is 3. The number of hydrogen-bond donors (Lipinski definition) is 1. The number of benzene rings is 1. The molecule has 1 aromatic heterocycles. The minimum absolute atomic E-state index is 0.682. The molecule has 0 aliphatic carbocycles. The zero-order valence-electron chi connectivity index (χ0n) is 10.0. The highest BCUT2D eigenvalue weighted by atomic mass is 79.9. The number of nitrogens with zero attached hydrogens (tertiary/aromatic N) is 1. The van der Waals surface area contributed by atoms with Crippen LogP contribution in [0, 0.1) is 0 Å². The van der Waals surface area contributed by atoms with Crippen molar-refractivity contribution in [1.82, 2.24) is 10.3 Å². The summed E-state index contributed by atoms with van der Waals surface area (Å²) in [7, 11) is 1.93. The van der Waals surface area contributed by atoms with Crippen molar-refractivity contribution < 1.29 is 4.42 Å². The van der Waals surface area contributed by atoms with Crippen LogP contribution in [0.5, 0.6) is 0 Å². The van der Waals surface area contributed by atoms with E-state index in [1.807, 2.05) is 25.2 Å². The molecule has 3 nitrogen and oxygen atoms in total. The third-order valence-electron chi connectivity index (χ3n) is 2.56. The van der Waals surface area contributed by atoms with Gasteiger partial charge in [0.25, 0.3) is 0 Å². The molecule has 2 rings (SSSR count). The van der Waals surface area contributed by atoms with Gasteiger partial charge in [0.15, 0.2) is 11.7 Å². The van der Waals surface area contributed by atoms with Crippen molar-refractivity contribution in [3.63, 3.8) is 0 Å². The second-order valence-electron chi connectivity index (χ2n) is 3.95. The first-order valence-electron chi connectivity index (χ1n) is 5.75. The fraction of sp³-hybridized carbons (Fsp3) is 0.308. The highest BCUT2D eigenvalue weighted by Gasteiger charge is 2.10. The fourth-order valence-corrected chi connectivity index (χ4v) is 2.27. The quantitative estimate of drug-likeness (QED) is 0.845. The third kappa shape index (κ3) is 3.34. The summed E-state index contributed by atoms with van der Waals surface area (Å²) in [6.07, 6.45) is 3.58. The summed E-state index contributed by atoms with van der Waals surface area (Å²) in [6.45, 7) is 0.957. The van der Waals surface area contributed by atoms with Crippen LogP contribution < -0.4 is 5.32 Å².